The van der Waals surface area contributed by atoms with Crippen molar-refractivity contribution in [2.45, 2.75) is 0 Å². The average Bonchev–Trinajstić information content (AvgIpc) is 2.05. The van der Waals surface area contributed by atoms with Gasteiger partial charge >= 0.3 is 0 Å². The average molecular weight is 153 g/mol. The van der Waals surface area contributed by atoms with Crippen LogP contribution in [0.4, 0.5) is 0 Å². The summed E-state index contributed by atoms with van der Waals surface area (Å²) in [6.45, 7) is 0. The molecule has 4 heteroatoms. The standard InChI is InChI=1S/C7H11N3O/c1-10-4-3-6(11-2)5-7(10)9-8/h3-5H,8H2,1-2H3/b9-7+. The molecule has 1 aromatic rings. The highest BCUT2D eigenvalue weighted by Crippen LogP contribution is 2.02. The maximum Gasteiger partial charge on any atom is 0.155 e. The van der Waals surface area contributed by atoms with Crippen LogP contribution in [0.25, 0.3) is 0 Å². The second-order valence-electron chi connectivity index (χ2n) is 2.16. The molecule has 1 aromatic heterocycles. The molecule has 1 rings (SSSR count). The fourth-order valence-corrected chi connectivity index (χ4v) is 0.794. The molecule has 0 aromatic carbocycles. The number of aryl methyl sites for hydroxylation is 1. The molecule has 11 heavy (non-hydrogen) atoms. The molecule has 0 fully saturated rings. The first-order valence-corrected chi connectivity index (χ1v) is 3.22. The number of rotatable bonds is 1. The number of nitrogens with zero attached hydrogens (tertiary/aromatic N) is 2. The molecule has 0 spiro atoms. The van der Waals surface area contributed by atoms with Gasteiger partial charge in [-0.1, -0.05) is 0 Å². The first kappa shape index (κ1) is 7.65. The van der Waals surface area contributed by atoms with Gasteiger partial charge in [0.25, 0.3) is 0 Å². The molecule has 0 saturated carbocycles. The van der Waals surface area contributed by atoms with Crippen molar-refractivity contribution in [2.75, 3.05) is 7.11 Å². The molecule has 0 unspecified atom stereocenters. The molecule has 4 nitrogen and oxygen atoms in total. The van der Waals surface area contributed by atoms with Crippen molar-refractivity contribution in [2.24, 2.45) is 18.0 Å². The van der Waals surface area contributed by atoms with Gasteiger partial charge < -0.3 is 15.1 Å². The van der Waals surface area contributed by atoms with E-state index in [1.54, 1.807) is 13.2 Å². The van der Waals surface area contributed by atoms with Gasteiger partial charge in [0, 0.05) is 19.3 Å². The quantitative estimate of drug-likeness (QED) is 0.449. The lowest BCUT2D eigenvalue weighted by molar-refractivity contribution is 0.412. The topological polar surface area (TPSA) is 52.5 Å². The Kier molecular flexibility index (Phi) is 2.15. The van der Waals surface area contributed by atoms with Crippen LogP contribution in [0.5, 0.6) is 5.75 Å². The van der Waals surface area contributed by atoms with E-state index in [1.165, 1.54) is 0 Å². The van der Waals surface area contributed by atoms with Gasteiger partial charge in [0.1, 0.15) is 5.75 Å². The Balaban J connectivity index is 3.24. The molecule has 0 saturated heterocycles. The predicted octanol–water partition coefficient (Wildman–Crippen LogP) is -0.192. The smallest absolute Gasteiger partial charge is 0.155 e. The van der Waals surface area contributed by atoms with Gasteiger partial charge in [0.15, 0.2) is 5.49 Å². The van der Waals surface area contributed by atoms with Gasteiger partial charge in [0.2, 0.25) is 0 Å². The van der Waals surface area contributed by atoms with Crippen molar-refractivity contribution >= 4 is 0 Å². The van der Waals surface area contributed by atoms with E-state index in [2.05, 4.69) is 5.10 Å². The van der Waals surface area contributed by atoms with Gasteiger partial charge in [-0.25, -0.2) is 0 Å². The Morgan fingerprint density at radius 2 is 2.36 bits per heavy atom. The summed E-state index contributed by atoms with van der Waals surface area (Å²) >= 11 is 0. The first-order chi connectivity index (χ1) is 5.27. The van der Waals surface area contributed by atoms with E-state index in [0.29, 0.717) is 5.49 Å². The fraction of sp³-hybridized carbons (Fsp3) is 0.286. The third-order valence-corrected chi connectivity index (χ3v) is 1.46. The maximum atomic E-state index is 5.12. The van der Waals surface area contributed by atoms with Crippen LogP contribution >= 0.6 is 0 Å². The zero-order valence-corrected chi connectivity index (χ0v) is 6.61. The molecule has 0 aliphatic heterocycles. The largest absolute Gasteiger partial charge is 0.497 e. The van der Waals surface area contributed by atoms with Crippen LogP contribution in [0, 0.1) is 0 Å². The third-order valence-electron chi connectivity index (χ3n) is 1.46. The van der Waals surface area contributed by atoms with E-state index in [-0.39, 0.29) is 0 Å². The number of aromatic nitrogens is 1. The number of hydrogen-bond acceptors (Lipinski definition) is 3. The van der Waals surface area contributed by atoms with Crippen molar-refractivity contribution < 1.29 is 4.74 Å². The van der Waals surface area contributed by atoms with E-state index >= 15 is 0 Å². The summed E-state index contributed by atoms with van der Waals surface area (Å²) in [5.41, 5.74) is 0.685. The Hall–Kier alpha value is -1.45. The number of pyridine rings is 1. The fourth-order valence-electron chi connectivity index (χ4n) is 0.794. The van der Waals surface area contributed by atoms with E-state index in [9.17, 15) is 0 Å². The highest BCUT2D eigenvalue weighted by Gasteiger charge is 1.90. The zero-order chi connectivity index (χ0) is 8.27. The van der Waals surface area contributed by atoms with E-state index in [4.69, 9.17) is 10.6 Å². The number of ether oxygens (including phenoxy) is 1. The lowest BCUT2D eigenvalue weighted by atomic mass is 10.4. The molecule has 60 valence electrons. The molecule has 0 aliphatic carbocycles. The summed E-state index contributed by atoms with van der Waals surface area (Å²) in [7, 11) is 3.47. The Morgan fingerprint density at radius 1 is 1.64 bits per heavy atom. The minimum atomic E-state index is 0.685. The van der Waals surface area contributed by atoms with E-state index in [0.717, 1.165) is 5.75 Å². The van der Waals surface area contributed by atoms with Gasteiger partial charge in [-0.3, -0.25) is 0 Å². The van der Waals surface area contributed by atoms with Gasteiger partial charge in [-0.2, -0.15) is 5.10 Å². The molecule has 0 amide bonds. The Morgan fingerprint density at radius 3 is 2.91 bits per heavy atom. The summed E-state index contributed by atoms with van der Waals surface area (Å²) in [5, 5.41) is 3.56. The van der Waals surface area contributed by atoms with Crippen molar-refractivity contribution in [1.29, 1.82) is 0 Å². The van der Waals surface area contributed by atoms with Crippen molar-refractivity contribution in [3.63, 3.8) is 0 Å². The summed E-state index contributed by atoms with van der Waals surface area (Å²) in [6.07, 6.45) is 1.84. The second-order valence-corrected chi connectivity index (χ2v) is 2.16. The maximum absolute atomic E-state index is 5.12. The Bertz CT molecular complexity index is 303. The van der Waals surface area contributed by atoms with Crippen LogP contribution < -0.4 is 16.1 Å². The lowest BCUT2D eigenvalue weighted by Gasteiger charge is -2.01. The summed E-state index contributed by atoms with van der Waals surface area (Å²) in [4.78, 5) is 0. The molecule has 0 atom stereocenters. The number of hydrogen-bond donors (Lipinski definition) is 1. The summed E-state index contributed by atoms with van der Waals surface area (Å²) < 4.78 is 6.79. The van der Waals surface area contributed by atoms with Crippen LogP contribution in [-0.4, -0.2) is 11.7 Å². The number of nitrogens with two attached hydrogens (primary N) is 1. The highest BCUT2D eigenvalue weighted by atomic mass is 16.5. The van der Waals surface area contributed by atoms with Crippen LogP contribution in [0.15, 0.2) is 23.4 Å². The van der Waals surface area contributed by atoms with Crippen LogP contribution in [-0.2, 0) is 7.05 Å². The minimum Gasteiger partial charge on any atom is -0.497 e. The zero-order valence-electron chi connectivity index (χ0n) is 6.61. The van der Waals surface area contributed by atoms with E-state index < -0.39 is 0 Å². The summed E-state index contributed by atoms with van der Waals surface area (Å²) in [6, 6.07) is 3.61. The predicted molar refractivity (Wildman–Crippen MR) is 41.7 cm³/mol. The van der Waals surface area contributed by atoms with Crippen molar-refractivity contribution in [3.8, 4) is 5.75 Å². The third kappa shape index (κ3) is 1.52. The summed E-state index contributed by atoms with van der Waals surface area (Å²) in [5.74, 6) is 5.88. The van der Waals surface area contributed by atoms with E-state index in [1.807, 2.05) is 23.9 Å². The van der Waals surface area contributed by atoms with Crippen molar-refractivity contribution in [1.82, 2.24) is 4.57 Å². The van der Waals surface area contributed by atoms with Crippen LogP contribution in [0.2, 0.25) is 0 Å². The second kappa shape index (κ2) is 3.09. The molecule has 0 radical (unpaired) electrons. The Labute approximate surface area is 64.9 Å². The normalized spacial score (nSPS) is 11.6. The number of methoxy groups -OCH3 is 1. The molecule has 0 aliphatic rings. The molecule has 2 N–H and O–H groups in total. The van der Waals surface area contributed by atoms with Gasteiger partial charge in [0.05, 0.1) is 7.11 Å². The molecule has 1 heterocycles. The monoisotopic (exact) mass is 153 g/mol. The van der Waals surface area contributed by atoms with Crippen LogP contribution in [0.3, 0.4) is 0 Å². The van der Waals surface area contributed by atoms with Crippen molar-refractivity contribution in [3.05, 3.63) is 23.8 Å². The van der Waals surface area contributed by atoms with Crippen LogP contribution in [0.1, 0.15) is 0 Å². The lowest BCUT2D eigenvalue weighted by Crippen LogP contribution is -2.18. The SMILES string of the molecule is COc1ccn(C)/c(=N/N)c1. The van der Waals surface area contributed by atoms with Gasteiger partial charge in [-0.05, 0) is 6.07 Å². The first-order valence-electron chi connectivity index (χ1n) is 3.22. The molecule has 0 bridgehead atoms. The highest BCUT2D eigenvalue weighted by molar-refractivity contribution is 5.16. The minimum absolute atomic E-state index is 0.685. The van der Waals surface area contributed by atoms with Gasteiger partial charge in [-0.15, -0.1) is 0 Å². The molecular weight excluding hydrogens is 142 g/mol. The molecular formula is C7H11N3O.